The van der Waals surface area contributed by atoms with Gasteiger partial charge in [0, 0.05) is 0 Å². The topological polar surface area (TPSA) is 46.2 Å². The Morgan fingerprint density at radius 3 is 2.55 bits per heavy atom. The Balaban J connectivity index is 3.30. The predicted molar refractivity (Wildman–Crippen MR) is 44.7 cm³/mol. The number of imide groups is 1. The van der Waals surface area contributed by atoms with Gasteiger partial charge in [-0.3, -0.25) is 0 Å². The summed E-state index contributed by atoms with van der Waals surface area (Å²) in [6, 6.07) is 0. The molecule has 0 aromatic rings. The quantitative estimate of drug-likeness (QED) is 0.573. The number of rotatable bonds is 4. The van der Waals surface area contributed by atoms with E-state index in [1.165, 1.54) is 6.92 Å². The van der Waals surface area contributed by atoms with Crippen molar-refractivity contribution < 1.29 is 9.59 Å². The van der Waals surface area contributed by atoms with Gasteiger partial charge in [0.05, 0.1) is 0 Å². The molecule has 0 spiro atoms. The van der Waals surface area contributed by atoms with Crippen molar-refractivity contribution in [2.24, 2.45) is 0 Å². The number of carbonyl (C=O) groups is 2. The molecule has 0 fully saturated rings. The molecule has 0 atom stereocenters. The molecule has 0 radical (unpaired) electrons. The van der Waals surface area contributed by atoms with Crippen LogP contribution >= 0.6 is 0 Å². The third-order valence-corrected chi connectivity index (χ3v) is 2.81. The third-order valence-electron chi connectivity index (χ3n) is 1.01. The van der Waals surface area contributed by atoms with Crippen LogP contribution in [0, 0.1) is 0 Å². The number of amides is 2. The summed E-state index contributed by atoms with van der Waals surface area (Å²) in [6.45, 7) is 3.44. The number of hydrogen-bond donors (Lipinski definition) is 1. The van der Waals surface area contributed by atoms with Gasteiger partial charge in [-0.05, 0) is 0 Å². The van der Waals surface area contributed by atoms with Crippen LogP contribution in [-0.4, -0.2) is 25.7 Å². The van der Waals surface area contributed by atoms with Gasteiger partial charge in [0.25, 0.3) is 0 Å². The van der Waals surface area contributed by atoms with Gasteiger partial charge >= 0.3 is 72.6 Å². The van der Waals surface area contributed by atoms with E-state index in [-0.39, 0.29) is 25.7 Å². The van der Waals surface area contributed by atoms with Crippen LogP contribution in [0.2, 0.25) is 5.32 Å². The number of unbranched alkanes of at least 4 members (excludes halogenated alkanes) is 1. The molecule has 0 aromatic carbocycles. The zero-order chi connectivity index (χ0) is 8.69. The summed E-state index contributed by atoms with van der Waals surface area (Å²) in [5.74, 6) is -0.256. The van der Waals surface area contributed by atoms with E-state index in [1.54, 1.807) is 0 Å². The third kappa shape index (κ3) is 7.56. The molecule has 0 saturated heterocycles. The molecule has 0 unspecified atom stereocenters. The van der Waals surface area contributed by atoms with Crippen molar-refractivity contribution in [3.8, 4) is 0 Å². The summed E-state index contributed by atoms with van der Waals surface area (Å²) >= 11 is -0.0539. The minimum atomic E-state index is -0.256. The Morgan fingerprint density at radius 2 is 2.09 bits per heavy atom. The van der Waals surface area contributed by atoms with E-state index in [9.17, 15) is 9.59 Å². The SMILES string of the molecule is CCCC[Se]C(=O)NC(C)=O. The first kappa shape index (κ1) is 10.7. The number of hydrogen-bond acceptors (Lipinski definition) is 2. The van der Waals surface area contributed by atoms with Crippen LogP contribution < -0.4 is 5.32 Å². The second-order valence-corrected chi connectivity index (χ2v) is 4.41. The molecule has 2 amide bonds. The molecular formula is C7H13NO2Se. The molecule has 0 aliphatic rings. The van der Waals surface area contributed by atoms with Crippen LogP contribution in [0.15, 0.2) is 0 Å². The molecule has 0 rings (SSSR count). The molecule has 0 aliphatic carbocycles. The average Bonchev–Trinajstić information content (AvgIpc) is 1.86. The maximum atomic E-state index is 10.8. The van der Waals surface area contributed by atoms with E-state index in [0.717, 1.165) is 18.2 Å². The van der Waals surface area contributed by atoms with Crippen molar-refractivity contribution in [1.29, 1.82) is 0 Å². The second kappa shape index (κ2) is 6.37. The zero-order valence-electron chi connectivity index (χ0n) is 6.85. The Kier molecular flexibility index (Phi) is 6.18. The molecule has 0 aromatic heterocycles. The summed E-state index contributed by atoms with van der Waals surface area (Å²) in [4.78, 5) is 21.1. The van der Waals surface area contributed by atoms with E-state index in [0.29, 0.717) is 0 Å². The van der Waals surface area contributed by atoms with Gasteiger partial charge in [-0.15, -0.1) is 0 Å². The average molecular weight is 222 g/mol. The first-order valence-electron chi connectivity index (χ1n) is 3.61. The molecular weight excluding hydrogens is 209 g/mol. The first-order chi connectivity index (χ1) is 5.16. The van der Waals surface area contributed by atoms with E-state index in [2.05, 4.69) is 12.2 Å². The van der Waals surface area contributed by atoms with Gasteiger partial charge < -0.3 is 0 Å². The summed E-state index contributed by atoms with van der Waals surface area (Å²) in [5, 5.41) is 3.18. The molecule has 4 heteroatoms. The summed E-state index contributed by atoms with van der Waals surface area (Å²) in [6.07, 6.45) is 2.18. The van der Waals surface area contributed by atoms with Gasteiger partial charge in [-0.1, -0.05) is 0 Å². The van der Waals surface area contributed by atoms with Crippen molar-refractivity contribution in [2.75, 3.05) is 0 Å². The van der Waals surface area contributed by atoms with E-state index < -0.39 is 0 Å². The molecule has 64 valence electrons. The van der Waals surface area contributed by atoms with Crippen LogP contribution in [0.4, 0.5) is 4.79 Å². The van der Waals surface area contributed by atoms with Gasteiger partial charge in [-0.2, -0.15) is 0 Å². The Hall–Kier alpha value is -0.341. The fourth-order valence-electron chi connectivity index (χ4n) is 0.489. The second-order valence-electron chi connectivity index (χ2n) is 2.17. The van der Waals surface area contributed by atoms with Crippen LogP contribution in [0.5, 0.6) is 0 Å². The van der Waals surface area contributed by atoms with Crippen LogP contribution in [0.1, 0.15) is 26.7 Å². The molecule has 0 saturated carbocycles. The van der Waals surface area contributed by atoms with Gasteiger partial charge in [0.15, 0.2) is 0 Å². The number of carbonyl (C=O) groups excluding carboxylic acids is 2. The van der Waals surface area contributed by atoms with Gasteiger partial charge in [0.1, 0.15) is 0 Å². The summed E-state index contributed by atoms with van der Waals surface area (Å²) < 4.78 is 0. The van der Waals surface area contributed by atoms with Crippen LogP contribution in [0.25, 0.3) is 0 Å². The molecule has 1 N–H and O–H groups in total. The van der Waals surface area contributed by atoms with Gasteiger partial charge in [0.2, 0.25) is 0 Å². The van der Waals surface area contributed by atoms with E-state index in [4.69, 9.17) is 0 Å². The van der Waals surface area contributed by atoms with E-state index in [1.807, 2.05) is 0 Å². The molecule has 11 heavy (non-hydrogen) atoms. The van der Waals surface area contributed by atoms with E-state index >= 15 is 0 Å². The predicted octanol–water partition coefficient (Wildman–Crippen LogP) is 1.17. The zero-order valence-corrected chi connectivity index (χ0v) is 8.56. The molecule has 0 heterocycles. The summed E-state index contributed by atoms with van der Waals surface area (Å²) in [5.41, 5.74) is 0. The maximum absolute atomic E-state index is 10.8. The Labute approximate surface area is 73.1 Å². The monoisotopic (exact) mass is 223 g/mol. The van der Waals surface area contributed by atoms with Crippen molar-refractivity contribution in [2.45, 2.75) is 32.0 Å². The summed E-state index contributed by atoms with van der Waals surface area (Å²) in [7, 11) is 0. The van der Waals surface area contributed by atoms with Crippen molar-refractivity contribution in [3.63, 3.8) is 0 Å². The van der Waals surface area contributed by atoms with Crippen molar-refractivity contribution in [3.05, 3.63) is 0 Å². The molecule has 0 aliphatic heterocycles. The van der Waals surface area contributed by atoms with Crippen LogP contribution in [-0.2, 0) is 4.79 Å². The number of nitrogens with one attached hydrogen (secondary N) is 1. The molecule has 3 nitrogen and oxygen atoms in total. The fraction of sp³-hybridized carbons (Fsp3) is 0.714. The van der Waals surface area contributed by atoms with Crippen molar-refractivity contribution >= 4 is 25.7 Å². The Morgan fingerprint density at radius 1 is 1.45 bits per heavy atom. The fourth-order valence-corrected chi connectivity index (χ4v) is 2.24. The standard InChI is InChI=1S/C7H13NO2Se/c1-3-4-5-11-7(10)8-6(2)9/h3-5H2,1-2H3,(H,8,9,10). The van der Waals surface area contributed by atoms with Gasteiger partial charge in [-0.25, -0.2) is 0 Å². The van der Waals surface area contributed by atoms with Crippen molar-refractivity contribution in [1.82, 2.24) is 5.32 Å². The minimum absolute atomic E-state index is 0.0539. The Bertz CT molecular complexity index is 147. The first-order valence-corrected chi connectivity index (χ1v) is 5.68. The normalized spacial score (nSPS) is 9.27. The molecule has 0 bridgehead atoms. The van der Waals surface area contributed by atoms with Crippen LogP contribution in [0.3, 0.4) is 0 Å².